The number of hydrogen-bond donors (Lipinski definition) is 0. The highest BCUT2D eigenvalue weighted by Gasteiger charge is 2.01. The third-order valence-corrected chi connectivity index (χ3v) is 0.622. The summed E-state index contributed by atoms with van der Waals surface area (Å²) in [4.78, 5) is 10.1. The Morgan fingerprint density at radius 1 is 1.86 bits per heavy atom. The zero-order valence-electron chi connectivity index (χ0n) is 3.68. The molecule has 2 radical (unpaired) electrons. The van der Waals surface area contributed by atoms with Crippen molar-refractivity contribution >= 4 is 5.78 Å². The molecule has 0 unspecified atom stereocenters. The first-order valence-corrected chi connectivity index (χ1v) is 1.98. The summed E-state index contributed by atoms with van der Waals surface area (Å²) in [7, 11) is 0. The van der Waals surface area contributed by atoms with Gasteiger partial charge in [0.2, 0.25) is 6.61 Å². The first kappa shape index (κ1) is 4.53. The lowest BCUT2D eigenvalue weighted by Crippen LogP contribution is -2.03. The molecule has 0 fully saturated rings. The minimum atomic E-state index is -0.189. The molecule has 7 heavy (non-hydrogen) atoms. The molecular weight excluding hydrogens is 92.1 g/mol. The molecule has 0 aromatic heterocycles. The molecule has 0 atom stereocenters. The Kier molecular flexibility index (Phi) is 1.22. The highest BCUT2D eigenvalue weighted by molar-refractivity contribution is 5.96. The maximum atomic E-state index is 10.1. The van der Waals surface area contributed by atoms with Gasteiger partial charge in [0, 0.05) is 0 Å². The number of ether oxygens (including phenoxy) is 1. The largest absolute Gasteiger partial charge is 0.356 e. The summed E-state index contributed by atoms with van der Waals surface area (Å²) in [6.07, 6.45) is 3.09. The lowest BCUT2D eigenvalue weighted by atomic mass is 10.3. The van der Waals surface area contributed by atoms with Crippen LogP contribution in [0.2, 0.25) is 0 Å². The third-order valence-electron chi connectivity index (χ3n) is 0.622. The highest BCUT2D eigenvalue weighted by atomic mass is 16.5. The van der Waals surface area contributed by atoms with Crippen molar-refractivity contribution < 1.29 is 9.53 Å². The fourth-order valence-electron chi connectivity index (χ4n) is 0.350. The van der Waals surface area contributed by atoms with E-state index in [0.29, 0.717) is 6.61 Å². The average molecular weight is 96.1 g/mol. The number of rotatable bonds is 0. The maximum Gasteiger partial charge on any atom is 0.210 e. The Morgan fingerprint density at radius 2 is 2.71 bits per heavy atom. The first-order valence-electron chi connectivity index (χ1n) is 1.98. The van der Waals surface area contributed by atoms with E-state index in [9.17, 15) is 4.79 Å². The molecule has 0 aromatic carbocycles. The van der Waals surface area contributed by atoms with Crippen molar-refractivity contribution in [3.8, 4) is 0 Å². The van der Waals surface area contributed by atoms with E-state index in [4.69, 9.17) is 0 Å². The van der Waals surface area contributed by atoms with Crippen molar-refractivity contribution in [3.63, 3.8) is 0 Å². The Hall–Kier alpha value is -0.630. The normalized spacial score (nSPS) is 20.3. The molecule has 0 N–H and O–H groups in total. The van der Waals surface area contributed by atoms with Crippen LogP contribution in [-0.2, 0) is 9.53 Å². The topological polar surface area (TPSA) is 26.3 Å². The van der Waals surface area contributed by atoms with Crippen LogP contribution in [0.4, 0.5) is 0 Å². The molecule has 2 heteroatoms. The quantitative estimate of drug-likeness (QED) is 0.430. The van der Waals surface area contributed by atoms with E-state index in [-0.39, 0.29) is 5.78 Å². The van der Waals surface area contributed by atoms with E-state index in [1.165, 1.54) is 6.08 Å². The molecule has 36 valence electrons. The van der Waals surface area contributed by atoms with Crippen LogP contribution in [0, 0.1) is 6.61 Å². The van der Waals surface area contributed by atoms with Crippen molar-refractivity contribution in [2.45, 2.75) is 0 Å². The molecule has 0 spiro atoms. The third kappa shape index (κ3) is 1.12. The van der Waals surface area contributed by atoms with E-state index in [1.807, 2.05) is 0 Å². The standard InChI is InChI=1S/C5H4O2/c6-5-2-1-3-7-4-5/h1-2H,3H2. The van der Waals surface area contributed by atoms with Crippen molar-refractivity contribution in [1.82, 2.24) is 0 Å². The summed E-state index contributed by atoms with van der Waals surface area (Å²) >= 11 is 0. The molecule has 0 amide bonds. The smallest absolute Gasteiger partial charge is 0.210 e. The molecular formula is C5H4O2. The van der Waals surface area contributed by atoms with Crippen LogP contribution in [0.15, 0.2) is 12.2 Å². The number of carbonyl (C=O) groups is 1. The van der Waals surface area contributed by atoms with Gasteiger partial charge in [-0.05, 0) is 6.08 Å². The fraction of sp³-hybridized carbons (Fsp3) is 0.200. The number of hydrogen-bond acceptors (Lipinski definition) is 2. The van der Waals surface area contributed by atoms with Crippen LogP contribution >= 0.6 is 0 Å². The fourth-order valence-corrected chi connectivity index (χ4v) is 0.350. The molecule has 0 saturated carbocycles. The molecule has 1 aliphatic rings. The van der Waals surface area contributed by atoms with Crippen molar-refractivity contribution in [2.75, 3.05) is 6.61 Å². The molecule has 1 aliphatic heterocycles. The first-order chi connectivity index (χ1) is 3.39. The molecule has 0 saturated heterocycles. The predicted molar refractivity (Wildman–Crippen MR) is 23.3 cm³/mol. The maximum absolute atomic E-state index is 10.1. The van der Waals surface area contributed by atoms with E-state index in [1.54, 1.807) is 6.08 Å². The summed E-state index contributed by atoms with van der Waals surface area (Å²) in [5, 5.41) is 0. The average Bonchev–Trinajstić information content (AvgIpc) is 1.69. The van der Waals surface area contributed by atoms with Crippen LogP contribution in [0.5, 0.6) is 0 Å². The molecule has 1 rings (SSSR count). The van der Waals surface area contributed by atoms with Gasteiger partial charge in [-0.2, -0.15) is 0 Å². The Balaban J connectivity index is 2.51. The van der Waals surface area contributed by atoms with Gasteiger partial charge in [0.05, 0.1) is 6.61 Å². The number of ketones is 1. The minimum Gasteiger partial charge on any atom is -0.356 e. The van der Waals surface area contributed by atoms with Crippen LogP contribution in [0.3, 0.4) is 0 Å². The van der Waals surface area contributed by atoms with E-state index in [2.05, 4.69) is 11.3 Å². The van der Waals surface area contributed by atoms with Gasteiger partial charge < -0.3 is 4.74 Å². The monoisotopic (exact) mass is 96.0 g/mol. The Bertz CT molecular complexity index is 105. The van der Waals surface area contributed by atoms with Gasteiger partial charge in [-0.15, -0.1) is 0 Å². The highest BCUT2D eigenvalue weighted by Crippen LogP contribution is 1.93. The van der Waals surface area contributed by atoms with Crippen LogP contribution in [-0.4, -0.2) is 12.4 Å². The summed E-state index contributed by atoms with van der Waals surface area (Å²) in [5.41, 5.74) is 0. The van der Waals surface area contributed by atoms with E-state index >= 15 is 0 Å². The summed E-state index contributed by atoms with van der Waals surface area (Å²) in [5.74, 6) is -0.189. The molecule has 2 nitrogen and oxygen atoms in total. The van der Waals surface area contributed by atoms with Gasteiger partial charge in [-0.1, -0.05) is 6.08 Å². The SMILES string of the molecule is O=C1[C]OCC=C1. The van der Waals surface area contributed by atoms with Gasteiger partial charge in [0.15, 0.2) is 5.78 Å². The van der Waals surface area contributed by atoms with Crippen molar-refractivity contribution in [3.05, 3.63) is 18.8 Å². The molecule has 0 aliphatic carbocycles. The zero-order valence-corrected chi connectivity index (χ0v) is 3.68. The van der Waals surface area contributed by atoms with Gasteiger partial charge in [-0.3, -0.25) is 4.79 Å². The predicted octanol–water partition coefficient (Wildman–Crippen LogP) is 0.181. The van der Waals surface area contributed by atoms with Gasteiger partial charge in [0.1, 0.15) is 0 Å². The summed E-state index contributed by atoms with van der Waals surface area (Å²) in [6.45, 7) is 2.63. The second kappa shape index (κ2) is 1.89. The second-order valence-corrected chi connectivity index (χ2v) is 1.18. The Labute approximate surface area is 41.8 Å². The zero-order chi connectivity index (χ0) is 5.11. The lowest BCUT2D eigenvalue weighted by Gasteiger charge is -1.97. The molecule has 1 heterocycles. The number of carbonyl (C=O) groups excluding carboxylic acids is 1. The van der Waals surface area contributed by atoms with Crippen molar-refractivity contribution in [2.24, 2.45) is 0 Å². The van der Waals surface area contributed by atoms with E-state index in [0.717, 1.165) is 0 Å². The summed E-state index contributed by atoms with van der Waals surface area (Å²) in [6, 6.07) is 0. The van der Waals surface area contributed by atoms with Crippen LogP contribution < -0.4 is 0 Å². The van der Waals surface area contributed by atoms with Gasteiger partial charge in [0.25, 0.3) is 0 Å². The van der Waals surface area contributed by atoms with Crippen LogP contribution in [0.25, 0.3) is 0 Å². The lowest BCUT2D eigenvalue weighted by molar-refractivity contribution is -0.115. The molecule has 0 aromatic rings. The van der Waals surface area contributed by atoms with Crippen molar-refractivity contribution in [1.29, 1.82) is 0 Å². The molecule has 0 bridgehead atoms. The van der Waals surface area contributed by atoms with Gasteiger partial charge >= 0.3 is 0 Å². The summed E-state index contributed by atoms with van der Waals surface area (Å²) < 4.78 is 4.50. The second-order valence-electron chi connectivity index (χ2n) is 1.18. The Morgan fingerprint density at radius 3 is 3.00 bits per heavy atom. The minimum absolute atomic E-state index is 0.189. The van der Waals surface area contributed by atoms with Crippen LogP contribution in [0.1, 0.15) is 0 Å². The van der Waals surface area contributed by atoms with Gasteiger partial charge in [-0.25, -0.2) is 0 Å². The van der Waals surface area contributed by atoms with E-state index < -0.39 is 0 Å².